The molecule has 25 heavy (non-hydrogen) atoms. The average molecular weight is 352 g/mol. The Kier molecular flexibility index (Phi) is 5.19. The van der Waals surface area contributed by atoms with E-state index < -0.39 is 0 Å². The van der Waals surface area contributed by atoms with Crippen molar-refractivity contribution in [3.05, 3.63) is 59.7 Å². The van der Waals surface area contributed by atoms with E-state index >= 15 is 0 Å². The van der Waals surface area contributed by atoms with Crippen LogP contribution in [0.3, 0.4) is 0 Å². The zero-order chi connectivity index (χ0) is 17.8. The quantitative estimate of drug-likeness (QED) is 0.715. The lowest BCUT2D eigenvalue weighted by molar-refractivity contribution is -0.118. The summed E-state index contributed by atoms with van der Waals surface area (Å²) < 4.78 is 2.01. The highest BCUT2D eigenvalue weighted by molar-refractivity contribution is 7.99. The van der Waals surface area contributed by atoms with E-state index in [1.54, 1.807) is 7.05 Å². The van der Waals surface area contributed by atoms with E-state index in [0.29, 0.717) is 10.9 Å². The minimum Gasteiger partial charge on any atom is -0.358 e. The molecule has 0 aliphatic heterocycles. The zero-order valence-electron chi connectivity index (χ0n) is 14.5. The summed E-state index contributed by atoms with van der Waals surface area (Å²) in [5.74, 6) is 1.03. The van der Waals surface area contributed by atoms with Crippen molar-refractivity contribution in [3.63, 3.8) is 0 Å². The van der Waals surface area contributed by atoms with E-state index in [2.05, 4.69) is 47.6 Å². The second-order valence-electron chi connectivity index (χ2n) is 5.74. The number of benzene rings is 2. The Labute approximate surface area is 151 Å². The molecule has 0 aliphatic rings. The Morgan fingerprint density at radius 3 is 2.52 bits per heavy atom. The Morgan fingerprint density at radius 1 is 1.08 bits per heavy atom. The number of rotatable bonds is 5. The molecule has 0 fully saturated rings. The summed E-state index contributed by atoms with van der Waals surface area (Å²) in [6.07, 6.45) is 0. The van der Waals surface area contributed by atoms with E-state index in [0.717, 1.165) is 17.1 Å². The highest BCUT2D eigenvalue weighted by Gasteiger charge is 2.17. The smallest absolute Gasteiger partial charge is 0.230 e. The molecule has 6 heteroatoms. The Balaban J connectivity index is 2.09. The van der Waals surface area contributed by atoms with Crippen LogP contribution in [0.25, 0.3) is 17.1 Å². The number of carbonyl (C=O) groups is 1. The molecule has 3 rings (SSSR count). The number of thioether (sulfide) groups is 1. The topological polar surface area (TPSA) is 59.8 Å². The van der Waals surface area contributed by atoms with Gasteiger partial charge in [0, 0.05) is 12.6 Å². The fourth-order valence-electron chi connectivity index (χ4n) is 2.44. The molecule has 0 unspecified atom stereocenters. The average Bonchev–Trinajstić information content (AvgIpc) is 3.06. The van der Waals surface area contributed by atoms with Gasteiger partial charge in [-0.3, -0.25) is 9.36 Å². The predicted octanol–water partition coefficient (Wildman–Crippen LogP) is 3.39. The van der Waals surface area contributed by atoms with E-state index in [1.165, 1.54) is 22.9 Å². The summed E-state index contributed by atoms with van der Waals surface area (Å²) in [6, 6.07) is 16.2. The van der Waals surface area contributed by atoms with Crippen LogP contribution in [0.15, 0.2) is 53.7 Å². The van der Waals surface area contributed by atoms with Gasteiger partial charge >= 0.3 is 0 Å². The normalized spacial score (nSPS) is 10.7. The molecule has 2 aromatic carbocycles. The lowest BCUT2D eigenvalue weighted by Crippen LogP contribution is -2.20. The van der Waals surface area contributed by atoms with E-state index in [4.69, 9.17) is 0 Å². The van der Waals surface area contributed by atoms with Crippen LogP contribution in [0.4, 0.5) is 0 Å². The van der Waals surface area contributed by atoms with Gasteiger partial charge in [0.2, 0.25) is 5.91 Å². The summed E-state index contributed by atoms with van der Waals surface area (Å²) in [5.41, 5.74) is 4.41. The van der Waals surface area contributed by atoms with Crippen molar-refractivity contribution in [2.75, 3.05) is 12.8 Å². The fourth-order valence-corrected chi connectivity index (χ4v) is 3.26. The number of amides is 1. The zero-order valence-corrected chi connectivity index (χ0v) is 15.3. The molecule has 1 heterocycles. The van der Waals surface area contributed by atoms with Crippen molar-refractivity contribution in [1.82, 2.24) is 20.1 Å². The maximum atomic E-state index is 11.6. The molecule has 0 atom stereocenters. The number of hydrogen-bond donors (Lipinski definition) is 1. The van der Waals surface area contributed by atoms with Crippen LogP contribution < -0.4 is 5.32 Å². The molecule has 0 saturated carbocycles. The second-order valence-corrected chi connectivity index (χ2v) is 6.68. The molecule has 0 bridgehead atoms. The molecule has 128 valence electrons. The summed E-state index contributed by atoms with van der Waals surface area (Å²) in [7, 11) is 1.63. The fraction of sp³-hybridized carbons (Fsp3) is 0.211. The molecule has 0 spiro atoms. The van der Waals surface area contributed by atoms with E-state index in [1.807, 2.05) is 34.9 Å². The van der Waals surface area contributed by atoms with Crippen LogP contribution in [0, 0.1) is 13.8 Å². The molecule has 1 amide bonds. The van der Waals surface area contributed by atoms with Crippen molar-refractivity contribution in [2.45, 2.75) is 19.0 Å². The first-order valence-electron chi connectivity index (χ1n) is 8.02. The number of nitrogens with one attached hydrogen (secondary N) is 1. The highest BCUT2D eigenvalue weighted by Crippen LogP contribution is 2.28. The number of nitrogens with zero attached hydrogens (tertiary/aromatic N) is 3. The monoisotopic (exact) mass is 352 g/mol. The minimum absolute atomic E-state index is 0.0408. The highest BCUT2D eigenvalue weighted by atomic mass is 32.2. The van der Waals surface area contributed by atoms with Gasteiger partial charge in [-0.2, -0.15) is 0 Å². The Morgan fingerprint density at radius 2 is 1.84 bits per heavy atom. The first kappa shape index (κ1) is 17.2. The maximum Gasteiger partial charge on any atom is 0.230 e. The first-order valence-corrected chi connectivity index (χ1v) is 9.00. The van der Waals surface area contributed by atoms with Crippen molar-refractivity contribution >= 4 is 17.7 Å². The van der Waals surface area contributed by atoms with Gasteiger partial charge in [-0.05, 0) is 37.1 Å². The van der Waals surface area contributed by atoms with Crippen molar-refractivity contribution in [2.24, 2.45) is 0 Å². The third-order valence-corrected chi connectivity index (χ3v) is 4.95. The Hall–Kier alpha value is -2.60. The van der Waals surface area contributed by atoms with Crippen molar-refractivity contribution < 1.29 is 4.79 Å². The molecular formula is C19H20N4OS. The van der Waals surface area contributed by atoms with Crippen LogP contribution >= 0.6 is 11.8 Å². The van der Waals surface area contributed by atoms with Gasteiger partial charge in [0.1, 0.15) is 0 Å². The molecule has 1 aromatic heterocycles. The molecule has 3 aromatic rings. The van der Waals surface area contributed by atoms with Crippen LogP contribution in [-0.2, 0) is 4.79 Å². The summed E-state index contributed by atoms with van der Waals surface area (Å²) in [4.78, 5) is 11.6. The van der Waals surface area contributed by atoms with Gasteiger partial charge < -0.3 is 5.32 Å². The maximum absolute atomic E-state index is 11.6. The number of aryl methyl sites for hydroxylation is 2. The lowest BCUT2D eigenvalue weighted by atomic mass is 10.1. The summed E-state index contributed by atoms with van der Waals surface area (Å²) in [5, 5.41) is 12.0. The van der Waals surface area contributed by atoms with Crippen LogP contribution in [-0.4, -0.2) is 33.5 Å². The van der Waals surface area contributed by atoms with E-state index in [9.17, 15) is 4.79 Å². The number of hydrogen-bond acceptors (Lipinski definition) is 4. The number of aromatic nitrogens is 3. The van der Waals surface area contributed by atoms with Gasteiger partial charge in [0.25, 0.3) is 0 Å². The molecule has 5 nitrogen and oxygen atoms in total. The number of carbonyl (C=O) groups excluding carboxylic acids is 1. The first-order chi connectivity index (χ1) is 12.1. The third-order valence-electron chi connectivity index (χ3n) is 4.03. The SMILES string of the molecule is CNC(=O)CSc1nnc(-c2ccccc2)n1-c1ccc(C)c(C)c1. The van der Waals surface area contributed by atoms with Crippen LogP contribution in [0.1, 0.15) is 11.1 Å². The molecule has 0 radical (unpaired) electrons. The third kappa shape index (κ3) is 3.74. The summed E-state index contributed by atoms with van der Waals surface area (Å²) >= 11 is 1.38. The molecule has 0 aliphatic carbocycles. The second kappa shape index (κ2) is 7.53. The largest absolute Gasteiger partial charge is 0.358 e. The van der Waals surface area contributed by atoms with E-state index in [-0.39, 0.29) is 5.91 Å². The van der Waals surface area contributed by atoms with Gasteiger partial charge in [-0.25, -0.2) is 0 Å². The standard InChI is InChI=1S/C19H20N4OS/c1-13-9-10-16(11-14(13)2)23-18(15-7-5-4-6-8-15)21-22-19(23)25-12-17(24)20-3/h4-11H,12H2,1-3H3,(H,20,24). The molecular weight excluding hydrogens is 332 g/mol. The van der Waals surface area contributed by atoms with Crippen LogP contribution in [0.2, 0.25) is 0 Å². The van der Waals surface area contributed by atoms with Crippen LogP contribution in [0.5, 0.6) is 0 Å². The van der Waals surface area contributed by atoms with Gasteiger partial charge in [-0.1, -0.05) is 48.2 Å². The van der Waals surface area contributed by atoms with Gasteiger partial charge in [0.05, 0.1) is 11.4 Å². The van der Waals surface area contributed by atoms with Crippen molar-refractivity contribution in [3.8, 4) is 17.1 Å². The minimum atomic E-state index is -0.0408. The van der Waals surface area contributed by atoms with Gasteiger partial charge in [-0.15, -0.1) is 10.2 Å². The molecule has 0 saturated heterocycles. The lowest BCUT2D eigenvalue weighted by Gasteiger charge is -2.12. The molecule has 1 N–H and O–H groups in total. The Bertz CT molecular complexity index is 890. The predicted molar refractivity (Wildman–Crippen MR) is 101 cm³/mol. The van der Waals surface area contributed by atoms with Crippen molar-refractivity contribution in [1.29, 1.82) is 0 Å². The summed E-state index contributed by atoms with van der Waals surface area (Å²) in [6.45, 7) is 4.17. The van der Waals surface area contributed by atoms with Gasteiger partial charge in [0.15, 0.2) is 11.0 Å².